The summed E-state index contributed by atoms with van der Waals surface area (Å²) in [4.78, 5) is 15.7. The molecule has 0 aliphatic heterocycles. The topological polar surface area (TPSA) is 93.9 Å². The van der Waals surface area contributed by atoms with Crippen molar-refractivity contribution in [3.63, 3.8) is 0 Å². The summed E-state index contributed by atoms with van der Waals surface area (Å²) >= 11 is 0. The lowest BCUT2D eigenvalue weighted by Crippen LogP contribution is -2.10. The highest BCUT2D eigenvalue weighted by atomic mass is 16.5. The van der Waals surface area contributed by atoms with E-state index in [1.54, 1.807) is 29.9 Å². The van der Waals surface area contributed by atoms with Crippen molar-refractivity contribution in [2.75, 3.05) is 5.73 Å². The van der Waals surface area contributed by atoms with Crippen molar-refractivity contribution in [1.82, 2.24) is 9.55 Å². The predicted molar refractivity (Wildman–Crippen MR) is 67.9 cm³/mol. The first kappa shape index (κ1) is 12.6. The third-order valence-electron chi connectivity index (χ3n) is 2.59. The number of nitrogen functional groups attached to an aromatic ring is 1. The van der Waals surface area contributed by atoms with Crippen molar-refractivity contribution in [3.8, 4) is 6.07 Å². The molecule has 0 fully saturated rings. The van der Waals surface area contributed by atoms with Gasteiger partial charge in [0, 0.05) is 25.0 Å². The summed E-state index contributed by atoms with van der Waals surface area (Å²) in [6, 6.07) is 6.86. The summed E-state index contributed by atoms with van der Waals surface area (Å²) in [6.07, 6.45) is 3.14. The summed E-state index contributed by atoms with van der Waals surface area (Å²) in [7, 11) is 1.71. The first-order chi connectivity index (χ1) is 9.11. The van der Waals surface area contributed by atoms with Crippen LogP contribution in [-0.4, -0.2) is 15.5 Å². The Morgan fingerprint density at radius 1 is 1.63 bits per heavy atom. The molecule has 6 nitrogen and oxygen atoms in total. The highest BCUT2D eigenvalue weighted by molar-refractivity contribution is 5.89. The molecule has 0 amide bonds. The number of nitrogens with two attached hydrogens (primary N) is 1. The van der Waals surface area contributed by atoms with E-state index in [2.05, 4.69) is 4.98 Å². The number of hydrogen-bond acceptors (Lipinski definition) is 5. The van der Waals surface area contributed by atoms with Crippen LogP contribution in [0.1, 0.15) is 21.7 Å². The third-order valence-corrected chi connectivity index (χ3v) is 2.59. The molecule has 0 aromatic carbocycles. The third kappa shape index (κ3) is 2.72. The quantitative estimate of drug-likeness (QED) is 0.833. The first-order valence-corrected chi connectivity index (χ1v) is 5.54. The van der Waals surface area contributed by atoms with E-state index in [-0.39, 0.29) is 12.3 Å². The van der Waals surface area contributed by atoms with Crippen LogP contribution in [0.4, 0.5) is 5.69 Å². The van der Waals surface area contributed by atoms with Gasteiger partial charge in [-0.3, -0.25) is 0 Å². The molecule has 0 radical (unpaired) electrons. The molecule has 0 spiro atoms. The molecule has 0 aliphatic rings. The second-order valence-electron chi connectivity index (χ2n) is 3.97. The van der Waals surface area contributed by atoms with Gasteiger partial charge in [-0.2, -0.15) is 5.26 Å². The number of esters is 1. The second-order valence-corrected chi connectivity index (χ2v) is 3.97. The zero-order chi connectivity index (χ0) is 13.8. The van der Waals surface area contributed by atoms with Crippen LogP contribution in [0.25, 0.3) is 0 Å². The van der Waals surface area contributed by atoms with E-state index in [1.165, 1.54) is 12.3 Å². The van der Waals surface area contributed by atoms with E-state index in [4.69, 9.17) is 15.7 Å². The summed E-state index contributed by atoms with van der Waals surface area (Å²) < 4.78 is 6.73. The average molecular weight is 256 g/mol. The molecule has 19 heavy (non-hydrogen) atoms. The minimum Gasteiger partial charge on any atom is -0.456 e. The molecule has 2 N–H and O–H groups in total. The van der Waals surface area contributed by atoms with Gasteiger partial charge in [0.2, 0.25) is 0 Å². The largest absolute Gasteiger partial charge is 0.456 e. The Morgan fingerprint density at radius 3 is 3.05 bits per heavy atom. The standard InChI is InChI=1S/C13H12N4O2/c1-17-7-10(15)5-12(17)13(18)19-8-9-3-2-4-16-11(9)6-14/h2-5,7H,8,15H2,1H3. The molecular formula is C13H12N4O2. The van der Waals surface area contributed by atoms with Crippen LogP contribution in [0, 0.1) is 11.3 Å². The van der Waals surface area contributed by atoms with Gasteiger partial charge in [-0.15, -0.1) is 0 Å². The maximum Gasteiger partial charge on any atom is 0.355 e. The van der Waals surface area contributed by atoms with Crippen molar-refractivity contribution >= 4 is 11.7 Å². The number of nitriles is 1. The van der Waals surface area contributed by atoms with Gasteiger partial charge in [0.15, 0.2) is 0 Å². The van der Waals surface area contributed by atoms with Crippen LogP contribution < -0.4 is 5.73 Å². The fraction of sp³-hybridized carbons (Fsp3) is 0.154. The molecule has 0 saturated carbocycles. The maximum absolute atomic E-state index is 11.8. The number of carbonyl (C=O) groups is 1. The van der Waals surface area contributed by atoms with Crippen molar-refractivity contribution < 1.29 is 9.53 Å². The molecule has 0 unspecified atom stereocenters. The summed E-state index contributed by atoms with van der Waals surface area (Å²) in [6.45, 7) is 0.000646. The number of carbonyl (C=O) groups excluding carboxylic acids is 1. The number of anilines is 1. The molecule has 2 aromatic rings. The SMILES string of the molecule is Cn1cc(N)cc1C(=O)OCc1cccnc1C#N. The van der Waals surface area contributed by atoms with Gasteiger partial charge in [0.05, 0.1) is 5.69 Å². The molecule has 0 saturated heterocycles. The van der Waals surface area contributed by atoms with Crippen molar-refractivity contribution in [3.05, 3.63) is 47.5 Å². The number of rotatable bonds is 3. The molecular weight excluding hydrogens is 244 g/mol. The fourth-order valence-corrected chi connectivity index (χ4v) is 1.67. The van der Waals surface area contributed by atoms with Crippen LogP contribution in [-0.2, 0) is 18.4 Å². The van der Waals surface area contributed by atoms with E-state index in [1.807, 2.05) is 6.07 Å². The fourth-order valence-electron chi connectivity index (χ4n) is 1.67. The van der Waals surface area contributed by atoms with Crippen LogP contribution in [0.2, 0.25) is 0 Å². The van der Waals surface area contributed by atoms with E-state index in [0.29, 0.717) is 16.9 Å². The maximum atomic E-state index is 11.8. The minimum atomic E-state index is -0.494. The Hall–Kier alpha value is -2.81. The zero-order valence-corrected chi connectivity index (χ0v) is 10.3. The number of aryl methyl sites for hydroxylation is 1. The van der Waals surface area contributed by atoms with Crippen molar-refractivity contribution in [1.29, 1.82) is 5.26 Å². The van der Waals surface area contributed by atoms with Gasteiger partial charge < -0.3 is 15.0 Å². The van der Waals surface area contributed by atoms with Crippen molar-refractivity contribution in [2.45, 2.75) is 6.61 Å². The van der Waals surface area contributed by atoms with E-state index in [9.17, 15) is 4.79 Å². The Balaban J connectivity index is 2.09. The lowest BCUT2D eigenvalue weighted by molar-refractivity contribution is 0.0461. The van der Waals surface area contributed by atoms with E-state index < -0.39 is 5.97 Å². The van der Waals surface area contributed by atoms with Gasteiger partial charge in [-0.1, -0.05) is 6.07 Å². The normalized spacial score (nSPS) is 9.89. The van der Waals surface area contributed by atoms with Gasteiger partial charge in [-0.05, 0) is 12.1 Å². The Kier molecular flexibility index (Phi) is 3.48. The minimum absolute atomic E-state index is 0.000646. The molecule has 2 heterocycles. The highest BCUT2D eigenvalue weighted by Gasteiger charge is 2.13. The number of hydrogen-bond donors (Lipinski definition) is 1. The number of pyridine rings is 1. The summed E-state index contributed by atoms with van der Waals surface area (Å²) in [5.74, 6) is -0.494. The monoisotopic (exact) mass is 256 g/mol. The zero-order valence-electron chi connectivity index (χ0n) is 10.3. The van der Waals surface area contributed by atoms with Crippen molar-refractivity contribution in [2.24, 2.45) is 7.05 Å². The molecule has 0 bridgehead atoms. The summed E-state index contributed by atoms with van der Waals surface area (Å²) in [5.41, 5.74) is 7.27. The molecule has 0 atom stereocenters. The van der Waals surface area contributed by atoms with Crippen LogP contribution in [0.5, 0.6) is 0 Å². The van der Waals surface area contributed by atoms with Gasteiger partial charge in [-0.25, -0.2) is 9.78 Å². The Morgan fingerprint density at radius 2 is 2.42 bits per heavy atom. The highest BCUT2D eigenvalue weighted by Crippen LogP contribution is 2.12. The average Bonchev–Trinajstić information content (AvgIpc) is 2.75. The van der Waals surface area contributed by atoms with E-state index in [0.717, 1.165) is 0 Å². The van der Waals surface area contributed by atoms with Crippen LogP contribution in [0.3, 0.4) is 0 Å². The number of ether oxygens (including phenoxy) is 1. The van der Waals surface area contributed by atoms with Gasteiger partial charge in [0.25, 0.3) is 0 Å². The first-order valence-electron chi connectivity index (χ1n) is 5.54. The van der Waals surface area contributed by atoms with Gasteiger partial charge >= 0.3 is 5.97 Å². The molecule has 2 aromatic heterocycles. The van der Waals surface area contributed by atoms with E-state index >= 15 is 0 Å². The van der Waals surface area contributed by atoms with Crippen LogP contribution in [0.15, 0.2) is 30.6 Å². The smallest absolute Gasteiger partial charge is 0.355 e. The van der Waals surface area contributed by atoms with Gasteiger partial charge in [0.1, 0.15) is 24.1 Å². The van der Waals surface area contributed by atoms with Crippen LogP contribution >= 0.6 is 0 Å². The number of nitrogens with zero attached hydrogens (tertiary/aromatic N) is 3. The molecule has 6 heteroatoms. The Labute approximate surface area is 110 Å². The molecule has 2 rings (SSSR count). The molecule has 0 aliphatic carbocycles. The number of aromatic nitrogens is 2. The lowest BCUT2D eigenvalue weighted by atomic mass is 10.2. The predicted octanol–water partition coefficient (Wildman–Crippen LogP) is 1.23. The lowest BCUT2D eigenvalue weighted by Gasteiger charge is -2.06. The summed E-state index contributed by atoms with van der Waals surface area (Å²) in [5, 5.41) is 8.87. The Bertz CT molecular complexity index is 655. The second kappa shape index (κ2) is 5.23. The molecule has 96 valence electrons.